The molecule has 4 aliphatic rings. The molecular weight excluding hydrogens is 390 g/mol. The van der Waals surface area contributed by atoms with E-state index in [4.69, 9.17) is 5.73 Å². The monoisotopic (exact) mass is 431 g/mol. The van der Waals surface area contributed by atoms with E-state index in [0.29, 0.717) is 29.0 Å². The Morgan fingerprint density at radius 3 is 2.35 bits per heavy atom. The first-order valence-corrected chi connectivity index (χ1v) is 12.5. The number of carbonyl (C=O) groups is 3. The molecule has 0 saturated heterocycles. The quantitative estimate of drug-likeness (QED) is 0.605. The fourth-order valence-electron chi connectivity index (χ4n) is 9.27. The van der Waals surface area contributed by atoms with Crippen molar-refractivity contribution in [3.05, 3.63) is 0 Å². The molecule has 0 aromatic heterocycles. The summed E-state index contributed by atoms with van der Waals surface area (Å²) in [6.07, 6.45) is 11.0. The van der Waals surface area contributed by atoms with Gasteiger partial charge in [0.05, 0.1) is 12.5 Å². The Labute approximate surface area is 186 Å². The molecule has 5 nitrogen and oxygen atoms in total. The van der Waals surface area contributed by atoms with Crippen molar-refractivity contribution < 1.29 is 19.5 Å². The maximum absolute atomic E-state index is 12.3. The molecule has 4 rings (SSSR count). The second-order valence-electron chi connectivity index (χ2n) is 12.0. The molecule has 0 radical (unpaired) electrons. The van der Waals surface area contributed by atoms with E-state index in [2.05, 4.69) is 13.8 Å². The lowest BCUT2D eigenvalue weighted by atomic mass is 9.43. The van der Waals surface area contributed by atoms with Crippen LogP contribution in [0.2, 0.25) is 0 Å². The molecule has 4 fully saturated rings. The van der Waals surface area contributed by atoms with E-state index < -0.39 is 12.0 Å². The van der Waals surface area contributed by atoms with E-state index in [9.17, 15) is 19.5 Å². The summed E-state index contributed by atoms with van der Waals surface area (Å²) in [5.41, 5.74) is 6.55. The van der Waals surface area contributed by atoms with Crippen LogP contribution in [0.4, 0.5) is 0 Å². The summed E-state index contributed by atoms with van der Waals surface area (Å²) < 4.78 is 0. The summed E-state index contributed by atoms with van der Waals surface area (Å²) >= 11 is 0. The van der Waals surface area contributed by atoms with Gasteiger partial charge in [-0.15, -0.1) is 0 Å². The highest BCUT2D eigenvalue weighted by Crippen LogP contribution is 2.68. The van der Waals surface area contributed by atoms with Gasteiger partial charge in [0, 0.05) is 5.92 Å². The lowest BCUT2D eigenvalue weighted by molar-refractivity contribution is -0.141. The van der Waals surface area contributed by atoms with E-state index in [0.717, 1.165) is 37.9 Å². The summed E-state index contributed by atoms with van der Waals surface area (Å²) in [7, 11) is 0. The number of hydrogen-bond donors (Lipinski definition) is 2. The first-order chi connectivity index (χ1) is 14.6. The van der Waals surface area contributed by atoms with Crippen LogP contribution in [0.15, 0.2) is 0 Å². The standard InChI is InChI=1S/C26H41NO4/c1-15(29)20-6-7-21-18-5-4-17-12-16(19(13-24(30)31)23(27)14-28)8-10-25(17,2)22(18)9-11-26(20,21)3/h14,16-23H,4-13,27H2,1-3H3,(H,30,31)/t16-,17?,18?,19?,20+,21?,22?,23+,25-,26+/m0/s1. The van der Waals surface area contributed by atoms with Gasteiger partial charge in [0.15, 0.2) is 0 Å². The van der Waals surface area contributed by atoms with Crippen LogP contribution >= 0.6 is 0 Å². The van der Waals surface area contributed by atoms with Gasteiger partial charge < -0.3 is 15.6 Å². The first-order valence-electron chi connectivity index (χ1n) is 12.5. The molecule has 0 spiro atoms. The van der Waals surface area contributed by atoms with Crippen LogP contribution in [0.1, 0.15) is 85.0 Å². The number of Topliss-reactive ketones (excluding diaryl/α,β-unsaturated/α-hetero) is 1. The maximum atomic E-state index is 12.3. The van der Waals surface area contributed by atoms with Crippen LogP contribution in [0.5, 0.6) is 0 Å². The van der Waals surface area contributed by atoms with Gasteiger partial charge in [0.2, 0.25) is 0 Å². The Morgan fingerprint density at radius 2 is 1.71 bits per heavy atom. The average molecular weight is 432 g/mol. The first kappa shape index (κ1) is 22.9. The average Bonchev–Trinajstić information content (AvgIpc) is 3.08. The second-order valence-corrected chi connectivity index (χ2v) is 12.0. The number of aliphatic carboxylic acids is 1. The Hall–Kier alpha value is -1.23. The number of nitrogens with two attached hydrogens (primary N) is 1. The molecule has 4 aliphatic carbocycles. The number of fused-ring (bicyclic) bond motifs is 5. The molecule has 0 aromatic carbocycles. The molecule has 0 bridgehead atoms. The largest absolute Gasteiger partial charge is 0.481 e. The minimum absolute atomic E-state index is 0.00702. The molecule has 0 aromatic rings. The zero-order valence-electron chi connectivity index (χ0n) is 19.5. The van der Waals surface area contributed by atoms with Crippen molar-refractivity contribution in [3.8, 4) is 0 Å². The molecule has 5 unspecified atom stereocenters. The summed E-state index contributed by atoms with van der Waals surface area (Å²) in [5.74, 6) is 2.48. The highest BCUT2D eigenvalue weighted by atomic mass is 16.4. The number of carboxylic acid groups (broad SMARTS) is 1. The van der Waals surface area contributed by atoms with Crippen LogP contribution in [0.3, 0.4) is 0 Å². The molecule has 5 heteroatoms. The smallest absolute Gasteiger partial charge is 0.303 e. The Morgan fingerprint density at radius 1 is 1.03 bits per heavy atom. The highest BCUT2D eigenvalue weighted by molar-refractivity contribution is 5.79. The highest BCUT2D eigenvalue weighted by Gasteiger charge is 2.61. The van der Waals surface area contributed by atoms with Gasteiger partial charge in [-0.3, -0.25) is 9.59 Å². The molecular formula is C26H41NO4. The topological polar surface area (TPSA) is 97.5 Å². The zero-order valence-corrected chi connectivity index (χ0v) is 19.5. The number of carboxylic acids is 1. The van der Waals surface area contributed by atoms with Crippen molar-refractivity contribution in [3.63, 3.8) is 0 Å². The Balaban J connectivity index is 1.52. The molecule has 0 aliphatic heterocycles. The number of hydrogen-bond acceptors (Lipinski definition) is 4. The number of carbonyl (C=O) groups excluding carboxylic acids is 2. The van der Waals surface area contributed by atoms with E-state index >= 15 is 0 Å². The fourth-order valence-corrected chi connectivity index (χ4v) is 9.27. The maximum Gasteiger partial charge on any atom is 0.303 e. The summed E-state index contributed by atoms with van der Waals surface area (Å²) in [6.45, 7) is 6.69. The summed E-state index contributed by atoms with van der Waals surface area (Å²) in [5, 5.41) is 9.37. The molecule has 0 heterocycles. The van der Waals surface area contributed by atoms with Crippen LogP contribution in [-0.2, 0) is 14.4 Å². The van der Waals surface area contributed by atoms with Crippen LogP contribution in [-0.4, -0.2) is 29.2 Å². The molecule has 0 amide bonds. The SMILES string of the molecule is CC(=O)[C@H]1CCC2C3CCC4C[C@@H](C(CC(=O)O)[C@H](N)C=O)CC[C@]4(C)C3CC[C@@]21C. The van der Waals surface area contributed by atoms with Crippen LogP contribution in [0, 0.1) is 52.3 Å². The van der Waals surface area contributed by atoms with Crippen molar-refractivity contribution in [1.29, 1.82) is 0 Å². The number of aldehydes is 1. The van der Waals surface area contributed by atoms with Crippen LogP contribution < -0.4 is 5.73 Å². The third-order valence-corrected chi connectivity index (χ3v) is 10.9. The predicted molar refractivity (Wildman–Crippen MR) is 119 cm³/mol. The zero-order chi connectivity index (χ0) is 22.6. The molecule has 31 heavy (non-hydrogen) atoms. The van der Waals surface area contributed by atoms with Gasteiger partial charge in [-0.05, 0) is 111 Å². The van der Waals surface area contributed by atoms with Crippen molar-refractivity contribution >= 4 is 18.0 Å². The minimum atomic E-state index is -0.854. The van der Waals surface area contributed by atoms with Gasteiger partial charge in [-0.1, -0.05) is 13.8 Å². The Kier molecular flexibility index (Phi) is 6.13. The number of rotatable bonds is 6. The third kappa shape index (κ3) is 3.69. The normalized spacial score (nSPS) is 46.2. The molecule has 174 valence electrons. The van der Waals surface area contributed by atoms with Crippen molar-refractivity contribution in [1.82, 2.24) is 0 Å². The molecule has 4 saturated carbocycles. The van der Waals surface area contributed by atoms with Crippen LogP contribution in [0.25, 0.3) is 0 Å². The van der Waals surface area contributed by atoms with Gasteiger partial charge >= 0.3 is 5.97 Å². The van der Waals surface area contributed by atoms with Crippen molar-refractivity contribution in [2.45, 2.75) is 91.0 Å². The summed E-state index contributed by atoms with van der Waals surface area (Å²) in [6, 6.07) is -0.681. The lowest BCUT2D eigenvalue weighted by Gasteiger charge is -2.61. The lowest BCUT2D eigenvalue weighted by Crippen LogP contribution is -2.54. The van der Waals surface area contributed by atoms with Gasteiger partial charge in [-0.2, -0.15) is 0 Å². The van der Waals surface area contributed by atoms with E-state index in [-0.39, 0.29) is 29.6 Å². The predicted octanol–water partition coefficient (Wildman–Crippen LogP) is 4.47. The number of ketones is 1. The van der Waals surface area contributed by atoms with Crippen molar-refractivity contribution in [2.75, 3.05) is 0 Å². The van der Waals surface area contributed by atoms with Gasteiger partial charge in [0.1, 0.15) is 12.1 Å². The fraction of sp³-hybridized carbons (Fsp3) is 0.885. The van der Waals surface area contributed by atoms with Gasteiger partial charge in [-0.25, -0.2) is 0 Å². The minimum Gasteiger partial charge on any atom is -0.481 e. The van der Waals surface area contributed by atoms with E-state index in [1.165, 1.54) is 32.1 Å². The Bertz CT molecular complexity index is 737. The van der Waals surface area contributed by atoms with E-state index in [1.54, 1.807) is 6.92 Å². The van der Waals surface area contributed by atoms with E-state index in [1.807, 2.05) is 0 Å². The molecule has 3 N–H and O–H groups in total. The second kappa shape index (κ2) is 8.28. The third-order valence-electron chi connectivity index (χ3n) is 10.9. The summed E-state index contributed by atoms with van der Waals surface area (Å²) in [4.78, 5) is 35.1. The van der Waals surface area contributed by atoms with Gasteiger partial charge in [0.25, 0.3) is 0 Å². The van der Waals surface area contributed by atoms with Crippen molar-refractivity contribution in [2.24, 2.45) is 58.0 Å². The molecule has 10 atom stereocenters.